The molecular weight excluding hydrogens is 340 g/mol. The largest absolute Gasteiger partial charge is 0.484 e. The van der Waals surface area contributed by atoms with Gasteiger partial charge in [-0.15, -0.1) is 0 Å². The van der Waals surface area contributed by atoms with Crippen LogP contribution in [0.3, 0.4) is 0 Å². The van der Waals surface area contributed by atoms with Crippen molar-refractivity contribution in [3.8, 4) is 17.4 Å². The summed E-state index contributed by atoms with van der Waals surface area (Å²) >= 11 is 0. The average Bonchev–Trinajstić information content (AvgIpc) is 3.14. The average molecular weight is 360 g/mol. The fourth-order valence-corrected chi connectivity index (χ4v) is 3.26. The van der Waals surface area contributed by atoms with Crippen molar-refractivity contribution in [3.63, 3.8) is 0 Å². The van der Waals surface area contributed by atoms with Gasteiger partial charge in [0.2, 0.25) is 5.88 Å². The second-order valence-corrected chi connectivity index (χ2v) is 6.41. The van der Waals surface area contributed by atoms with Gasteiger partial charge in [-0.25, -0.2) is 4.98 Å². The zero-order chi connectivity index (χ0) is 18.6. The summed E-state index contributed by atoms with van der Waals surface area (Å²) in [5.74, 6) is 1.79. The number of rotatable bonds is 5. The van der Waals surface area contributed by atoms with Crippen molar-refractivity contribution in [1.29, 1.82) is 0 Å². The molecule has 3 aromatic rings. The lowest BCUT2D eigenvalue weighted by molar-refractivity contribution is -0.120. The highest BCUT2D eigenvalue weighted by atomic mass is 16.5. The summed E-state index contributed by atoms with van der Waals surface area (Å²) in [5.41, 5.74) is 3.37. The predicted octanol–water partition coefficient (Wildman–Crippen LogP) is 4.15. The number of anilines is 1. The second-order valence-electron chi connectivity index (χ2n) is 6.41. The molecule has 4 rings (SSSR count). The summed E-state index contributed by atoms with van der Waals surface area (Å²) in [5, 5.41) is 0. The van der Waals surface area contributed by atoms with E-state index in [1.807, 2.05) is 36.1 Å². The van der Waals surface area contributed by atoms with Crippen LogP contribution in [0, 0.1) is 6.92 Å². The molecule has 5 nitrogen and oxygen atoms in total. The molecule has 0 bridgehead atoms. The van der Waals surface area contributed by atoms with Crippen LogP contribution in [0.15, 0.2) is 66.9 Å². The summed E-state index contributed by atoms with van der Waals surface area (Å²) < 4.78 is 11.3. The van der Waals surface area contributed by atoms with Crippen LogP contribution >= 0.6 is 0 Å². The highest BCUT2D eigenvalue weighted by Gasteiger charge is 2.26. The Morgan fingerprint density at radius 3 is 2.63 bits per heavy atom. The Morgan fingerprint density at radius 2 is 1.85 bits per heavy atom. The van der Waals surface area contributed by atoms with Crippen molar-refractivity contribution >= 4 is 11.6 Å². The molecule has 136 valence electrons. The second kappa shape index (κ2) is 7.50. The molecule has 0 radical (unpaired) electrons. The highest BCUT2D eigenvalue weighted by Crippen LogP contribution is 2.31. The maximum atomic E-state index is 12.6. The minimum atomic E-state index is -0.0307. The molecule has 0 unspecified atom stereocenters. The Hall–Kier alpha value is -3.34. The number of hydrogen-bond donors (Lipinski definition) is 0. The SMILES string of the molecule is Cc1cccc2c1N(C(=O)COc1ccc(Oc3ccccn3)cc1)CC2. The minimum Gasteiger partial charge on any atom is -0.484 e. The summed E-state index contributed by atoms with van der Waals surface area (Å²) in [7, 11) is 0. The Bertz CT molecular complexity index is 940. The van der Waals surface area contributed by atoms with E-state index in [4.69, 9.17) is 9.47 Å². The number of carbonyl (C=O) groups is 1. The molecule has 0 atom stereocenters. The molecular formula is C22H20N2O3. The third-order valence-corrected chi connectivity index (χ3v) is 4.54. The maximum Gasteiger partial charge on any atom is 0.264 e. The first-order chi connectivity index (χ1) is 13.2. The van der Waals surface area contributed by atoms with Crippen LogP contribution in [0.5, 0.6) is 17.4 Å². The molecule has 0 aliphatic carbocycles. The van der Waals surface area contributed by atoms with Gasteiger partial charge in [0.1, 0.15) is 11.5 Å². The van der Waals surface area contributed by atoms with Gasteiger partial charge in [0.05, 0.1) is 0 Å². The third kappa shape index (κ3) is 3.77. The normalized spacial score (nSPS) is 12.6. The highest BCUT2D eigenvalue weighted by molar-refractivity contribution is 5.97. The topological polar surface area (TPSA) is 51.7 Å². The number of aryl methyl sites for hydroxylation is 1. The lowest BCUT2D eigenvalue weighted by Crippen LogP contribution is -2.33. The zero-order valence-electron chi connectivity index (χ0n) is 15.1. The molecule has 27 heavy (non-hydrogen) atoms. The molecule has 5 heteroatoms. The number of fused-ring (bicyclic) bond motifs is 1. The Labute approximate surface area is 158 Å². The number of pyridine rings is 1. The van der Waals surface area contributed by atoms with Gasteiger partial charge in [0.15, 0.2) is 6.61 Å². The van der Waals surface area contributed by atoms with Gasteiger partial charge in [-0.2, -0.15) is 0 Å². The number of aromatic nitrogens is 1. The number of benzene rings is 2. The first kappa shape index (κ1) is 17.1. The van der Waals surface area contributed by atoms with Gasteiger partial charge < -0.3 is 14.4 Å². The van der Waals surface area contributed by atoms with Crippen LogP contribution in [0.2, 0.25) is 0 Å². The maximum absolute atomic E-state index is 12.6. The third-order valence-electron chi connectivity index (χ3n) is 4.54. The smallest absolute Gasteiger partial charge is 0.264 e. The van der Waals surface area contributed by atoms with E-state index in [0.29, 0.717) is 23.9 Å². The van der Waals surface area contributed by atoms with Gasteiger partial charge >= 0.3 is 0 Å². The summed E-state index contributed by atoms with van der Waals surface area (Å²) in [6.07, 6.45) is 2.57. The lowest BCUT2D eigenvalue weighted by atomic mass is 10.1. The van der Waals surface area contributed by atoms with E-state index in [9.17, 15) is 4.79 Å². The Balaban J connectivity index is 1.36. The van der Waals surface area contributed by atoms with E-state index in [2.05, 4.69) is 11.1 Å². The molecule has 1 aliphatic rings. The van der Waals surface area contributed by atoms with Crippen molar-refractivity contribution in [1.82, 2.24) is 4.98 Å². The fourth-order valence-electron chi connectivity index (χ4n) is 3.26. The van der Waals surface area contributed by atoms with Crippen molar-refractivity contribution in [2.24, 2.45) is 0 Å². The first-order valence-electron chi connectivity index (χ1n) is 8.91. The van der Waals surface area contributed by atoms with Gasteiger partial charge in [0, 0.05) is 24.5 Å². The molecule has 0 saturated carbocycles. The number of nitrogens with zero attached hydrogens (tertiary/aromatic N) is 2. The molecule has 1 amide bonds. The molecule has 0 spiro atoms. The number of hydrogen-bond acceptors (Lipinski definition) is 4. The molecule has 0 N–H and O–H groups in total. The van der Waals surface area contributed by atoms with Gasteiger partial charge in [0.25, 0.3) is 5.91 Å². The van der Waals surface area contributed by atoms with Crippen LogP contribution in [0.4, 0.5) is 5.69 Å². The molecule has 2 aromatic carbocycles. The molecule has 0 saturated heterocycles. The standard InChI is InChI=1S/C22H20N2O3/c1-16-5-4-6-17-12-14-24(22(16)17)21(25)15-26-18-8-10-19(11-9-18)27-20-7-2-3-13-23-20/h2-11,13H,12,14-15H2,1H3. The quantitative estimate of drug-likeness (QED) is 0.686. The van der Waals surface area contributed by atoms with Crippen molar-refractivity contribution in [2.45, 2.75) is 13.3 Å². The lowest BCUT2D eigenvalue weighted by Gasteiger charge is -2.19. The van der Waals surface area contributed by atoms with Crippen LogP contribution in [-0.2, 0) is 11.2 Å². The summed E-state index contributed by atoms with van der Waals surface area (Å²) in [6, 6.07) is 18.8. The molecule has 1 aliphatic heterocycles. The van der Waals surface area contributed by atoms with Crippen LogP contribution < -0.4 is 14.4 Å². The van der Waals surface area contributed by atoms with Gasteiger partial charge in [-0.3, -0.25) is 4.79 Å². The summed E-state index contributed by atoms with van der Waals surface area (Å²) in [6.45, 7) is 2.75. The molecule has 0 fully saturated rings. The number of ether oxygens (including phenoxy) is 2. The van der Waals surface area contributed by atoms with Crippen LogP contribution in [0.25, 0.3) is 0 Å². The molecule has 2 heterocycles. The van der Waals surface area contributed by atoms with E-state index in [-0.39, 0.29) is 12.5 Å². The monoisotopic (exact) mass is 360 g/mol. The summed E-state index contributed by atoms with van der Waals surface area (Å²) in [4.78, 5) is 18.6. The van der Waals surface area contributed by atoms with E-state index < -0.39 is 0 Å². The Kier molecular flexibility index (Phi) is 4.75. The Morgan fingerprint density at radius 1 is 1.04 bits per heavy atom. The number of para-hydroxylation sites is 1. The van der Waals surface area contributed by atoms with E-state index in [0.717, 1.165) is 17.7 Å². The number of amides is 1. The van der Waals surface area contributed by atoms with Crippen molar-refractivity contribution < 1.29 is 14.3 Å². The zero-order valence-corrected chi connectivity index (χ0v) is 15.1. The predicted molar refractivity (Wildman–Crippen MR) is 103 cm³/mol. The van der Waals surface area contributed by atoms with E-state index >= 15 is 0 Å². The van der Waals surface area contributed by atoms with Crippen LogP contribution in [0.1, 0.15) is 11.1 Å². The number of carbonyl (C=O) groups excluding carboxylic acids is 1. The fraction of sp³-hybridized carbons (Fsp3) is 0.182. The van der Waals surface area contributed by atoms with Crippen molar-refractivity contribution in [2.75, 3.05) is 18.1 Å². The van der Waals surface area contributed by atoms with Crippen molar-refractivity contribution in [3.05, 3.63) is 78.0 Å². The van der Waals surface area contributed by atoms with Gasteiger partial charge in [-0.1, -0.05) is 24.3 Å². The van der Waals surface area contributed by atoms with Crippen LogP contribution in [-0.4, -0.2) is 24.0 Å². The molecule has 1 aromatic heterocycles. The minimum absolute atomic E-state index is 0.00815. The van der Waals surface area contributed by atoms with E-state index in [1.54, 1.807) is 36.5 Å². The van der Waals surface area contributed by atoms with Gasteiger partial charge in [-0.05, 0) is 54.8 Å². The van der Waals surface area contributed by atoms with E-state index in [1.165, 1.54) is 5.56 Å². The first-order valence-corrected chi connectivity index (χ1v) is 8.91.